The molecular weight excluding hydrogens is 336 g/mol. The average molecular weight is 349 g/mol. The van der Waals surface area contributed by atoms with E-state index < -0.39 is 10.0 Å². The number of nitrogens with zero attached hydrogens (tertiary/aromatic N) is 5. The van der Waals surface area contributed by atoms with Gasteiger partial charge in [0.25, 0.3) is 10.0 Å². The van der Waals surface area contributed by atoms with Crippen molar-refractivity contribution in [2.24, 2.45) is 7.05 Å². The molecule has 2 aromatic heterocycles. The molecule has 0 unspecified atom stereocenters. The van der Waals surface area contributed by atoms with E-state index in [9.17, 15) is 8.42 Å². The normalized spacial score (nSPS) is 11.9. The van der Waals surface area contributed by atoms with Crippen LogP contribution < -0.4 is 4.72 Å². The molecule has 0 saturated heterocycles. The molecule has 104 valence electrons. The molecule has 0 radical (unpaired) electrons. The van der Waals surface area contributed by atoms with Crippen LogP contribution in [0.2, 0.25) is 0 Å². The van der Waals surface area contributed by atoms with E-state index in [-0.39, 0.29) is 9.63 Å². The van der Waals surface area contributed by atoms with E-state index in [1.165, 1.54) is 11.7 Å². The molecule has 0 saturated carbocycles. The number of aromatic nitrogens is 5. The molecule has 0 aliphatic rings. The fourth-order valence-corrected chi connectivity index (χ4v) is 3.73. The third-order valence-corrected chi connectivity index (χ3v) is 4.78. The molecule has 0 aliphatic heterocycles. The van der Waals surface area contributed by atoms with Gasteiger partial charge >= 0.3 is 0 Å². The van der Waals surface area contributed by atoms with Crippen LogP contribution in [0, 0.1) is 0 Å². The van der Waals surface area contributed by atoms with Gasteiger partial charge in [0.15, 0.2) is 4.60 Å². The molecule has 2 aromatic rings. The number of aryl methyl sites for hydroxylation is 2. The second-order valence-electron chi connectivity index (χ2n) is 3.86. The first kappa shape index (κ1) is 14.2. The van der Waals surface area contributed by atoms with Gasteiger partial charge in [0.05, 0.1) is 6.33 Å². The Labute approximate surface area is 119 Å². The Morgan fingerprint density at radius 3 is 2.84 bits per heavy atom. The number of nitrogens with one attached hydrogen (secondary N) is 1. The largest absolute Gasteiger partial charge is 0.337 e. The average Bonchev–Trinajstić information content (AvgIpc) is 2.95. The first-order chi connectivity index (χ1) is 9.00. The summed E-state index contributed by atoms with van der Waals surface area (Å²) in [5.74, 6) is 0. The molecule has 2 heterocycles. The van der Waals surface area contributed by atoms with Crippen LogP contribution in [0.15, 0.2) is 28.4 Å². The molecule has 0 aromatic carbocycles. The van der Waals surface area contributed by atoms with Crippen LogP contribution in [-0.2, 0) is 23.6 Å². The van der Waals surface area contributed by atoms with Crippen molar-refractivity contribution in [2.75, 3.05) is 6.54 Å². The van der Waals surface area contributed by atoms with E-state index in [2.05, 4.69) is 35.9 Å². The van der Waals surface area contributed by atoms with Crippen molar-refractivity contribution < 1.29 is 8.42 Å². The van der Waals surface area contributed by atoms with Gasteiger partial charge in [-0.25, -0.2) is 22.8 Å². The van der Waals surface area contributed by atoms with Crippen molar-refractivity contribution in [3.8, 4) is 0 Å². The van der Waals surface area contributed by atoms with E-state index in [4.69, 9.17) is 0 Å². The molecule has 8 nitrogen and oxygen atoms in total. The molecule has 2 rings (SSSR count). The fourth-order valence-electron chi connectivity index (χ4n) is 1.56. The van der Waals surface area contributed by atoms with Crippen molar-refractivity contribution >= 4 is 26.0 Å². The zero-order chi connectivity index (χ0) is 13.9. The van der Waals surface area contributed by atoms with Gasteiger partial charge in [-0.2, -0.15) is 0 Å². The van der Waals surface area contributed by atoms with Gasteiger partial charge in [-0.15, -0.1) is 5.10 Å². The van der Waals surface area contributed by atoms with Crippen LogP contribution in [0.4, 0.5) is 0 Å². The van der Waals surface area contributed by atoms with Crippen LogP contribution in [0.1, 0.15) is 6.42 Å². The second-order valence-corrected chi connectivity index (χ2v) is 6.29. The number of hydrogen-bond donors (Lipinski definition) is 1. The highest BCUT2D eigenvalue weighted by Gasteiger charge is 2.23. The summed E-state index contributed by atoms with van der Waals surface area (Å²) in [5.41, 5.74) is 0. The van der Waals surface area contributed by atoms with Crippen LogP contribution in [0.25, 0.3) is 0 Å². The molecule has 0 atom stereocenters. The summed E-state index contributed by atoms with van der Waals surface area (Å²) in [6.45, 7) is 1.03. The Morgan fingerprint density at radius 1 is 1.47 bits per heavy atom. The van der Waals surface area contributed by atoms with E-state index >= 15 is 0 Å². The number of imidazole rings is 1. The van der Waals surface area contributed by atoms with Gasteiger partial charge in [-0.3, -0.25) is 0 Å². The minimum absolute atomic E-state index is 0.0233. The predicted octanol–water partition coefficient (Wildman–Crippen LogP) is 0.143. The van der Waals surface area contributed by atoms with Crippen molar-refractivity contribution in [1.82, 2.24) is 29.3 Å². The van der Waals surface area contributed by atoms with Gasteiger partial charge in [-0.1, -0.05) is 5.21 Å². The van der Waals surface area contributed by atoms with E-state index in [1.54, 1.807) is 12.5 Å². The quantitative estimate of drug-likeness (QED) is 0.749. The van der Waals surface area contributed by atoms with Crippen molar-refractivity contribution in [3.63, 3.8) is 0 Å². The maximum Gasteiger partial charge on any atom is 0.260 e. The molecule has 0 amide bonds. The highest BCUT2D eigenvalue weighted by atomic mass is 79.9. The summed E-state index contributed by atoms with van der Waals surface area (Å²) in [4.78, 5) is 3.91. The minimum atomic E-state index is -3.60. The van der Waals surface area contributed by atoms with Crippen LogP contribution >= 0.6 is 15.9 Å². The number of hydrogen-bond acceptors (Lipinski definition) is 5. The van der Waals surface area contributed by atoms with Crippen molar-refractivity contribution in [1.29, 1.82) is 0 Å². The number of sulfonamides is 1. The lowest BCUT2D eigenvalue weighted by atomic mass is 10.4. The zero-order valence-corrected chi connectivity index (χ0v) is 12.6. The molecule has 19 heavy (non-hydrogen) atoms. The molecule has 0 fully saturated rings. The summed E-state index contributed by atoms with van der Waals surface area (Å²) in [6.07, 6.45) is 5.87. The third kappa shape index (κ3) is 3.39. The monoisotopic (exact) mass is 348 g/mol. The molecule has 0 aliphatic carbocycles. The molecular formula is C9H13BrN6O2S. The summed E-state index contributed by atoms with van der Waals surface area (Å²) >= 11 is 3.07. The lowest BCUT2D eigenvalue weighted by molar-refractivity contribution is 0.552. The minimum Gasteiger partial charge on any atom is -0.337 e. The van der Waals surface area contributed by atoms with Crippen LogP contribution in [0.3, 0.4) is 0 Å². The Morgan fingerprint density at radius 2 is 2.26 bits per heavy atom. The topological polar surface area (TPSA) is 94.7 Å². The smallest absolute Gasteiger partial charge is 0.260 e. The van der Waals surface area contributed by atoms with Crippen LogP contribution in [0.5, 0.6) is 0 Å². The summed E-state index contributed by atoms with van der Waals surface area (Å²) < 4.78 is 29.9. The van der Waals surface area contributed by atoms with E-state index in [1.807, 2.05) is 10.8 Å². The molecule has 10 heteroatoms. The van der Waals surface area contributed by atoms with Gasteiger partial charge in [0.2, 0.25) is 5.03 Å². The lowest BCUT2D eigenvalue weighted by Gasteiger charge is -2.07. The molecule has 0 bridgehead atoms. The summed E-state index contributed by atoms with van der Waals surface area (Å²) in [6, 6.07) is 0. The van der Waals surface area contributed by atoms with Crippen molar-refractivity contribution in [2.45, 2.75) is 18.0 Å². The van der Waals surface area contributed by atoms with E-state index in [0.29, 0.717) is 19.5 Å². The highest BCUT2D eigenvalue weighted by Crippen LogP contribution is 2.17. The highest BCUT2D eigenvalue weighted by molar-refractivity contribution is 9.10. The Hall–Kier alpha value is -1.26. The Bertz CT molecular complexity index is 616. The first-order valence-electron chi connectivity index (χ1n) is 5.51. The maximum absolute atomic E-state index is 12.0. The van der Waals surface area contributed by atoms with E-state index in [0.717, 1.165) is 0 Å². The van der Waals surface area contributed by atoms with Gasteiger partial charge in [-0.05, 0) is 22.4 Å². The van der Waals surface area contributed by atoms with Crippen LogP contribution in [-0.4, -0.2) is 39.5 Å². The molecule has 0 spiro atoms. The SMILES string of the molecule is Cn1nnc(Br)c1S(=O)(=O)NCCCn1ccnc1. The third-order valence-electron chi connectivity index (χ3n) is 2.44. The first-order valence-corrected chi connectivity index (χ1v) is 7.79. The Balaban J connectivity index is 1.92. The maximum atomic E-state index is 12.0. The van der Waals surface area contributed by atoms with Gasteiger partial charge in [0, 0.05) is 32.5 Å². The van der Waals surface area contributed by atoms with Crippen molar-refractivity contribution in [3.05, 3.63) is 23.3 Å². The second kappa shape index (κ2) is 5.80. The number of halogens is 1. The summed E-state index contributed by atoms with van der Waals surface area (Å²) in [5, 5.41) is 7.31. The number of rotatable bonds is 6. The summed E-state index contributed by atoms with van der Waals surface area (Å²) in [7, 11) is -2.08. The van der Waals surface area contributed by atoms with Gasteiger partial charge in [0.1, 0.15) is 0 Å². The standard InChI is InChI=1S/C9H13BrN6O2S/c1-15-9(8(10)13-14-15)19(17,18)12-3-2-5-16-6-4-11-7-16/h4,6-7,12H,2-3,5H2,1H3. The molecule has 1 N–H and O–H groups in total. The predicted molar refractivity (Wildman–Crippen MR) is 70.7 cm³/mol. The fraction of sp³-hybridized carbons (Fsp3) is 0.444. The zero-order valence-electron chi connectivity index (χ0n) is 10.2. The Kier molecular flexibility index (Phi) is 4.32. The van der Waals surface area contributed by atoms with Gasteiger partial charge < -0.3 is 4.57 Å². The lowest BCUT2D eigenvalue weighted by Crippen LogP contribution is -2.27.